The van der Waals surface area contributed by atoms with Gasteiger partial charge in [-0.25, -0.2) is 4.39 Å². The maximum atomic E-state index is 14.6. The Morgan fingerprint density at radius 2 is 2.04 bits per heavy atom. The van der Waals surface area contributed by atoms with Gasteiger partial charge in [0.2, 0.25) is 0 Å². The number of hydrogen-bond acceptors (Lipinski definition) is 4. The zero-order valence-electron chi connectivity index (χ0n) is 12.6. The van der Waals surface area contributed by atoms with Crippen LogP contribution in [0.4, 0.5) is 10.1 Å². The van der Waals surface area contributed by atoms with E-state index in [1.807, 2.05) is 12.1 Å². The first-order chi connectivity index (χ1) is 11.2. The van der Waals surface area contributed by atoms with E-state index in [-0.39, 0.29) is 11.9 Å². The van der Waals surface area contributed by atoms with E-state index in [0.717, 1.165) is 5.56 Å². The van der Waals surface area contributed by atoms with Gasteiger partial charge in [-0.05, 0) is 24.3 Å². The van der Waals surface area contributed by atoms with Crippen LogP contribution in [0.3, 0.4) is 0 Å². The highest BCUT2D eigenvalue weighted by Gasteiger charge is 2.28. The summed E-state index contributed by atoms with van der Waals surface area (Å²) in [5.74, 6) is 0.381. The second-order valence-corrected chi connectivity index (χ2v) is 5.86. The summed E-state index contributed by atoms with van der Waals surface area (Å²) in [6.07, 6.45) is 0.515. The highest BCUT2D eigenvalue weighted by molar-refractivity contribution is 6.33. The molecule has 2 aromatic carbocycles. The molecule has 0 spiro atoms. The average Bonchev–Trinajstić information content (AvgIpc) is 2.97. The van der Waals surface area contributed by atoms with Crippen molar-refractivity contribution in [1.82, 2.24) is 0 Å². The lowest BCUT2D eigenvalue weighted by molar-refractivity contribution is 0.241. The van der Waals surface area contributed by atoms with Crippen LogP contribution >= 0.6 is 11.6 Å². The van der Waals surface area contributed by atoms with Crippen molar-refractivity contribution in [1.29, 1.82) is 0 Å². The molecular formula is C17H19ClFN3O. The number of nitrogens with one attached hydrogen (secondary N) is 1. The lowest BCUT2D eigenvalue weighted by Gasteiger charge is -2.16. The van der Waals surface area contributed by atoms with Crippen LogP contribution in [0.5, 0.6) is 5.75 Å². The van der Waals surface area contributed by atoms with E-state index in [2.05, 4.69) is 5.32 Å². The number of hydrogen-bond donors (Lipinski definition) is 3. The summed E-state index contributed by atoms with van der Waals surface area (Å²) < 4.78 is 20.4. The van der Waals surface area contributed by atoms with Crippen molar-refractivity contribution in [3.63, 3.8) is 0 Å². The van der Waals surface area contributed by atoms with Gasteiger partial charge >= 0.3 is 0 Å². The van der Waals surface area contributed by atoms with Crippen LogP contribution in [0.1, 0.15) is 5.56 Å². The Bertz CT molecular complexity index is 723. The molecule has 1 atom stereocenters. The predicted molar refractivity (Wildman–Crippen MR) is 91.6 cm³/mol. The SMILES string of the molecule is NCCNc1cccc(F)c1-c1c(Cl)ccc2c1CC(CN)O2. The minimum atomic E-state index is -0.335. The van der Waals surface area contributed by atoms with Crippen LogP contribution in [0.15, 0.2) is 30.3 Å². The summed E-state index contributed by atoms with van der Waals surface area (Å²) in [7, 11) is 0. The summed E-state index contributed by atoms with van der Waals surface area (Å²) in [5.41, 5.74) is 13.9. The molecule has 5 N–H and O–H groups in total. The molecular weight excluding hydrogens is 317 g/mol. The van der Waals surface area contributed by atoms with Crippen molar-refractivity contribution >= 4 is 17.3 Å². The molecule has 0 aliphatic carbocycles. The molecule has 0 radical (unpaired) electrons. The second-order valence-electron chi connectivity index (χ2n) is 5.46. The summed E-state index contributed by atoms with van der Waals surface area (Å²) in [6, 6.07) is 8.45. The molecule has 1 aliphatic rings. The average molecular weight is 336 g/mol. The molecule has 2 aromatic rings. The van der Waals surface area contributed by atoms with Crippen LogP contribution in [-0.4, -0.2) is 25.7 Å². The van der Waals surface area contributed by atoms with E-state index in [9.17, 15) is 4.39 Å². The van der Waals surface area contributed by atoms with Gasteiger partial charge in [-0.15, -0.1) is 0 Å². The summed E-state index contributed by atoms with van der Waals surface area (Å²) >= 11 is 6.41. The third-order valence-corrected chi connectivity index (χ3v) is 4.25. The Morgan fingerprint density at radius 3 is 2.78 bits per heavy atom. The lowest BCUT2D eigenvalue weighted by Crippen LogP contribution is -2.24. The Morgan fingerprint density at radius 1 is 1.22 bits per heavy atom. The molecule has 0 aromatic heterocycles. The number of rotatable bonds is 5. The number of halogens is 2. The van der Waals surface area contributed by atoms with Crippen molar-refractivity contribution in [2.75, 3.05) is 25.0 Å². The zero-order chi connectivity index (χ0) is 16.4. The quantitative estimate of drug-likeness (QED) is 0.785. The number of anilines is 1. The zero-order valence-corrected chi connectivity index (χ0v) is 13.4. The molecule has 3 rings (SSSR count). The molecule has 1 aliphatic heterocycles. The highest BCUT2D eigenvalue weighted by Crippen LogP contribution is 2.44. The fourth-order valence-corrected chi connectivity index (χ4v) is 3.17. The van der Waals surface area contributed by atoms with Crippen LogP contribution in [0.25, 0.3) is 11.1 Å². The molecule has 4 nitrogen and oxygen atoms in total. The maximum Gasteiger partial charge on any atom is 0.133 e. The largest absolute Gasteiger partial charge is 0.488 e. The molecule has 6 heteroatoms. The van der Waals surface area contributed by atoms with E-state index in [1.165, 1.54) is 6.07 Å². The smallest absolute Gasteiger partial charge is 0.133 e. The number of ether oxygens (including phenoxy) is 1. The van der Waals surface area contributed by atoms with Gasteiger partial charge in [0.05, 0.1) is 0 Å². The minimum Gasteiger partial charge on any atom is -0.488 e. The maximum absolute atomic E-state index is 14.6. The first-order valence-corrected chi connectivity index (χ1v) is 7.94. The lowest BCUT2D eigenvalue weighted by atomic mass is 9.94. The van der Waals surface area contributed by atoms with E-state index in [0.29, 0.717) is 53.6 Å². The fourth-order valence-electron chi connectivity index (χ4n) is 2.90. The van der Waals surface area contributed by atoms with Crippen LogP contribution in [0, 0.1) is 5.82 Å². The van der Waals surface area contributed by atoms with Gasteiger partial charge in [0.1, 0.15) is 17.7 Å². The van der Waals surface area contributed by atoms with Crippen LogP contribution < -0.4 is 21.5 Å². The van der Waals surface area contributed by atoms with Crippen LogP contribution in [-0.2, 0) is 6.42 Å². The number of nitrogens with two attached hydrogens (primary N) is 2. The topological polar surface area (TPSA) is 73.3 Å². The van der Waals surface area contributed by atoms with Gasteiger partial charge in [-0.3, -0.25) is 0 Å². The third kappa shape index (κ3) is 3.00. The fraction of sp³-hybridized carbons (Fsp3) is 0.294. The van der Waals surface area contributed by atoms with Crippen molar-refractivity contribution < 1.29 is 9.13 Å². The molecule has 0 bridgehead atoms. The van der Waals surface area contributed by atoms with Crippen molar-refractivity contribution in [2.24, 2.45) is 11.5 Å². The van der Waals surface area contributed by atoms with Gasteiger partial charge in [0.15, 0.2) is 0 Å². The molecule has 1 heterocycles. The number of fused-ring (bicyclic) bond motifs is 1. The van der Waals surface area contributed by atoms with Crippen LogP contribution in [0.2, 0.25) is 5.02 Å². The van der Waals surface area contributed by atoms with E-state index < -0.39 is 0 Å². The Kier molecular flexibility index (Phi) is 4.71. The van der Waals surface area contributed by atoms with E-state index in [1.54, 1.807) is 12.1 Å². The van der Waals surface area contributed by atoms with Gasteiger partial charge in [0, 0.05) is 53.5 Å². The van der Waals surface area contributed by atoms with Gasteiger partial charge in [-0.1, -0.05) is 17.7 Å². The van der Waals surface area contributed by atoms with Gasteiger partial charge < -0.3 is 21.5 Å². The minimum absolute atomic E-state index is 0.102. The van der Waals surface area contributed by atoms with Crippen molar-refractivity contribution in [3.05, 3.63) is 46.7 Å². The summed E-state index contributed by atoms with van der Waals surface area (Å²) in [5, 5.41) is 3.65. The van der Waals surface area contributed by atoms with E-state index >= 15 is 0 Å². The molecule has 0 saturated carbocycles. The first-order valence-electron chi connectivity index (χ1n) is 7.56. The molecule has 1 unspecified atom stereocenters. The summed E-state index contributed by atoms with van der Waals surface area (Å²) in [4.78, 5) is 0. The van der Waals surface area contributed by atoms with E-state index in [4.69, 9.17) is 27.8 Å². The van der Waals surface area contributed by atoms with Crippen molar-refractivity contribution in [3.8, 4) is 16.9 Å². The Labute approximate surface area is 139 Å². The third-order valence-electron chi connectivity index (χ3n) is 3.93. The first kappa shape index (κ1) is 16.1. The summed E-state index contributed by atoms with van der Waals surface area (Å²) in [6.45, 7) is 1.40. The second kappa shape index (κ2) is 6.74. The predicted octanol–water partition coefficient (Wildman–Crippen LogP) is 2.78. The Hall–Kier alpha value is -1.82. The van der Waals surface area contributed by atoms with Crippen molar-refractivity contribution in [2.45, 2.75) is 12.5 Å². The monoisotopic (exact) mass is 335 g/mol. The van der Waals surface area contributed by atoms with Gasteiger partial charge in [-0.2, -0.15) is 0 Å². The molecule has 23 heavy (non-hydrogen) atoms. The Balaban J connectivity index is 2.15. The van der Waals surface area contributed by atoms with Gasteiger partial charge in [0.25, 0.3) is 0 Å². The normalized spacial score (nSPS) is 16.1. The molecule has 0 fully saturated rings. The molecule has 0 saturated heterocycles. The molecule has 122 valence electrons. The highest BCUT2D eigenvalue weighted by atomic mass is 35.5. The standard InChI is InChI=1S/C17H19ClFN3O/c18-12-4-5-15-11(8-10(9-21)23-15)16(12)17-13(19)2-1-3-14(17)22-7-6-20/h1-5,10,22H,6-9,20-21H2. The number of benzene rings is 2. The molecule has 0 amide bonds.